The summed E-state index contributed by atoms with van der Waals surface area (Å²) in [6, 6.07) is 16.6. The molecule has 0 unspecified atom stereocenters. The largest absolute Gasteiger partial charge is 0.494 e. The van der Waals surface area contributed by atoms with Gasteiger partial charge in [-0.25, -0.2) is 4.98 Å². The zero-order chi connectivity index (χ0) is 23.0. The highest BCUT2D eigenvalue weighted by Gasteiger charge is 2.13. The Morgan fingerprint density at radius 2 is 1.81 bits per heavy atom. The summed E-state index contributed by atoms with van der Waals surface area (Å²) in [7, 11) is 1.52. The number of carbonyl (C=O) groups is 1. The molecule has 0 spiro atoms. The molecule has 0 saturated heterocycles. The van der Waals surface area contributed by atoms with Crippen LogP contribution in [0, 0.1) is 0 Å². The van der Waals surface area contributed by atoms with Crippen LogP contribution in [0.4, 0.5) is 0 Å². The third kappa shape index (κ3) is 6.57. The fourth-order valence-electron chi connectivity index (χ4n) is 3.69. The lowest BCUT2D eigenvalue weighted by molar-refractivity contribution is -0.124. The number of amides is 1. The fourth-order valence-corrected chi connectivity index (χ4v) is 3.69. The molecule has 32 heavy (non-hydrogen) atoms. The molecule has 0 fully saturated rings. The third-order valence-corrected chi connectivity index (χ3v) is 5.42. The van der Waals surface area contributed by atoms with Gasteiger partial charge in [-0.1, -0.05) is 45.0 Å². The number of methoxy groups -OCH3 is 1. The van der Waals surface area contributed by atoms with Crippen molar-refractivity contribution in [3.63, 3.8) is 0 Å². The molecule has 0 saturated carbocycles. The van der Waals surface area contributed by atoms with Crippen molar-refractivity contribution in [1.82, 2.24) is 14.9 Å². The molecule has 3 rings (SSSR count). The Morgan fingerprint density at radius 1 is 1.06 bits per heavy atom. The van der Waals surface area contributed by atoms with Gasteiger partial charge in [-0.15, -0.1) is 0 Å². The van der Waals surface area contributed by atoms with E-state index in [4.69, 9.17) is 14.5 Å². The first-order chi connectivity index (χ1) is 15.4. The van der Waals surface area contributed by atoms with Gasteiger partial charge in [0, 0.05) is 26.6 Å². The minimum Gasteiger partial charge on any atom is -0.494 e. The maximum absolute atomic E-state index is 11.6. The summed E-state index contributed by atoms with van der Waals surface area (Å²) in [6.07, 6.45) is 2.52. The zero-order valence-corrected chi connectivity index (χ0v) is 19.7. The molecule has 0 aliphatic carbocycles. The summed E-state index contributed by atoms with van der Waals surface area (Å²) in [6.45, 7) is 8.83. The Labute approximate surface area is 190 Å². The van der Waals surface area contributed by atoms with E-state index in [9.17, 15) is 4.79 Å². The van der Waals surface area contributed by atoms with Crippen LogP contribution in [0.1, 0.15) is 45.0 Å². The Morgan fingerprint density at radius 3 is 2.53 bits per heavy atom. The smallest absolute Gasteiger partial charge is 0.245 e. The second-order valence-corrected chi connectivity index (χ2v) is 9.03. The van der Waals surface area contributed by atoms with Crippen LogP contribution in [0.25, 0.3) is 11.0 Å². The molecule has 0 aliphatic rings. The van der Waals surface area contributed by atoms with Crippen molar-refractivity contribution in [1.29, 1.82) is 0 Å². The third-order valence-electron chi connectivity index (χ3n) is 5.42. The van der Waals surface area contributed by atoms with Crippen LogP contribution < -0.4 is 10.1 Å². The summed E-state index contributed by atoms with van der Waals surface area (Å²) >= 11 is 0. The topological polar surface area (TPSA) is 65.4 Å². The van der Waals surface area contributed by atoms with Gasteiger partial charge in [0.25, 0.3) is 0 Å². The molecule has 2 aromatic carbocycles. The number of hydrogen-bond acceptors (Lipinski definition) is 4. The molecule has 3 aromatic rings. The van der Waals surface area contributed by atoms with Crippen molar-refractivity contribution in [2.24, 2.45) is 0 Å². The molecule has 1 aromatic heterocycles. The lowest BCUT2D eigenvalue weighted by Crippen LogP contribution is -2.28. The van der Waals surface area contributed by atoms with Crippen molar-refractivity contribution in [3.05, 3.63) is 59.9 Å². The summed E-state index contributed by atoms with van der Waals surface area (Å²) < 4.78 is 13.1. The van der Waals surface area contributed by atoms with Gasteiger partial charge < -0.3 is 19.4 Å². The van der Waals surface area contributed by atoms with Crippen molar-refractivity contribution in [2.45, 2.75) is 52.0 Å². The SMILES string of the molecule is COCC(=O)NCCCc1nc2ccccc2n1CCCOc1ccc(C(C)(C)C)cc1. The summed E-state index contributed by atoms with van der Waals surface area (Å²) in [5.74, 6) is 1.86. The number of hydrogen-bond donors (Lipinski definition) is 1. The number of benzene rings is 2. The Hall–Kier alpha value is -2.86. The molecule has 172 valence electrons. The number of aryl methyl sites for hydroxylation is 2. The van der Waals surface area contributed by atoms with E-state index in [1.54, 1.807) is 0 Å². The van der Waals surface area contributed by atoms with Crippen molar-refractivity contribution < 1.29 is 14.3 Å². The molecular weight excluding hydrogens is 402 g/mol. The summed E-state index contributed by atoms with van der Waals surface area (Å²) in [4.78, 5) is 16.4. The standard InChI is InChI=1S/C26H35N3O3/c1-26(2,3)20-12-14-21(15-13-20)32-18-8-17-29-23-10-6-5-9-22(23)28-24(29)11-7-16-27-25(30)19-31-4/h5-6,9-10,12-15H,7-8,11,16-19H2,1-4H3,(H,27,30). The predicted octanol–water partition coefficient (Wildman–Crippen LogP) is 4.50. The number of carbonyl (C=O) groups excluding carboxylic acids is 1. The Bertz CT molecular complexity index is 1000. The van der Waals surface area contributed by atoms with E-state index in [-0.39, 0.29) is 17.9 Å². The van der Waals surface area contributed by atoms with Crippen LogP contribution in [0.15, 0.2) is 48.5 Å². The highest BCUT2D eigenvalue weighted by Crippen LogP contribution is 2.24. The quantitative estimate of drug-likeness (QED) is 0.449. The molecule has 0 atom stereocenters. The molecule has 0 radical (unpaired) electrons. The fraction of sp³-hybridized carbons (Fsp3) is 0.462. The first-order valence-corrected chi connectivity index (χ1v) is 11.3. The Balaban J connectivity index is 1.55. The number of para-hydroxylation sites is 2. The van der Waals surface area contributed by atoms with Gasteiger partial charge in [-0.2, -0.15) is 0 Å². The van der Waals surface area contributed by atoms with E-state index in [0.29, 0.717) is 13.2 Å². The monoisotopic (exact) mass is 437 g/mol. The molecule has 1 amide bonds. The van der Waals surface area contributed by atoms with E-state index < -0.39 is 0 Å². The van der Waals surface area contributed by atoms with Crippen LogP contribution in [0.2, 0.25) is 0 Å². The van der Waals surface area contributed by atoms with Crippen LogP contribution >= 0.6 is 0 Å². The highest BCUT2D eigenvalue weighted by molar-refractivity contribution is 5.77. The normalized spacial score (nSPS) is 11.6. The van der Waals surface area contributed by atoms with E-state index in [0.717, 1.165) is 48.4 Å². The molecule has 6 nitrogen and oxygen atoms in total. The lowest BCUT2D eigenvalue weighted by atomic mass is 9.87. The number of fused-ring (bicyclic) bond motifs is 1. The first-order valence-electron chi connectivity index (χ1n) is 11.3. The van der Waals surface area contributed by atoms with Crippen molar-refractivity contribution in [2.75, 3.05) is 26.9 Å². The molecule has 1 heterocycles. The molecule has 6 heteroatoms. The minimum absolute atomic E-state index is 0.0892. The van der Waals surface area contributed by atoms with Gasteiger partial charge >= 0.3 is 0 Å². The van der Waals surface area contributed by atoms with Gasteiger partial charge in [-0.3, -0.25) is 4.79 Å². The van der Waals surface area contributed by atoms with Crippen LogP contribution in [-0.2, 0) is 27.9 Å². The van der Waals surface area contributed by atoms with Gasteiger partial charge in [-0.05, 0) is 48.1 Å². The molecule has 1 N–H and O–H groups in total. The van der Waals surface area contributed by atoms with Gasteiger partial charge in [0.15, 0.2) is 0 Å². The summed E-state index contributed by atoms with van der Waals surface area (Å²) in [5, 5.41) is 2.87. The summed E-state index contributed by atoms with van der Waals surface area (Å²) in [5.41, 5.74) is 3.59. The number of rotatable bonds is 11. The maximum atomic E-state index is 11.6. The molecule has 0 aliphatic heterocycles. The number of ether oxygens (including phenoxy) is 2. The number of imidazole rings is 1. The van der Waals surface area contributed by atoms with Crippen LogP contribution in [0.3, 0.4) is 0 Å². The Kier molecular flexibility index (Phi) is 8.28. The van der Waals surface area contributed by atoms with Crippen molar-refractivity contribution >= 4 is 16.9 Å². The predicted molar refractivity (Wildman–Crippen MR) is 128 cm³/mol. The average Bonchev–Trinajstić information content (AvgIpc) is 3.11. The van der Waals surface area contributed by atoms with Crippen LogP contribution in [0.5, 0.6) is 5.75 Å². The van der Waals surface area contributed by atoms with Crippen molar-refractivity contribution in [3.8, 4) is 5.75 Å². The van der Waals surface area contributed by atoms with Gasteiger partial charge in [0.1, 0.15) is 18.2 Å². The second kappa shape index (κ2) is 11.1. The zero-order valence-electron chi connectivity index (χ0n) is 19.7. The first kappa shape index (κ1) is 23.8. The van der Waals surface area contributed by atoms with E-state index in [2.05, 4.69) is 61.0 Å². The molecule has 0 bridgehead atoms. The number of aromatic nitrogens is 2. The van der Waals surface area contributed by atoms with Gasteiger partial charge in [0.05, 0.1) is 17.6 Å². The lowest BCUT2D eigenvalue weighted by Gasteiger charge is -2.19. The maximum Gasteiger partial charge on any atom is 0.245 e. The highest BCUT2D eigenvalue weighted by atomic mass is 16.5. The van der Waals surface area contributed by atoms with Gasteiger partial charge in [0.2, 0.25) is 5.91 Å². The van der Waals surface area contributed by atoms with E-state index in [1.165, 1.54) is 12.7 Å². The van der Waals surface area contributed by atoms with Crippen LogP contribution in [-0.4, -0.2) is 42.3 Å². The minimum atomic E-state index is -0.0892. The van der Waals surface area contributed by atoms with E-state index in [1.807, 2.05) is 18.2 Å². The second-order valence-electron chi connectivity index (χ2n) is 9.03. The average molecular weight is 438 g/mol. The van der Waals surface area contributed by atoms with E-state index >= 15 is 0 Å². The number of nitrogens with one attached hydrogen (secondary N) is 1. The molecular formula is C26H35N3O3. The number of nitrogens with zero attached hydrogens (tertiary/aromatic N) is 2.